The van der Waals surface area contributed by atoms with E-state index in [1.54, 1.807) is 25.2 Å². The lowest BCUT2D eigenvalue weighted by atomic mass is 10.1. The second-order valence-corrected chi connectivity index (χ2v) is 9.24. The van der Waals surface area contributed by atoms with Crippen LogP contribution in [0.3, 0.4) is 0 Å². The normalized spacial score (nSPS) is 16.8. The zero-order chi connectivity index (χ0) is 21.4. The fourth-order valence-electron chi connectivity index (χ4n) is 3.53. The molecule has 0 saturated carbocycles. The average Bonchev–Trinajstić information content (AvgIpc) is 3.24. The molecule has 1 fully saturated rings. The van der Waals surface area contributed by atoms with Gasteiger partial charge >= 0.3 is 0 Å². The summed E-state index contributed by atoms with van der Waals surface area (Å²) in [6.45, 7) is 3.68. The molecule has 1 aliphatic heterocycles. The first kappa shape index (κ1) is 25.6. The number of likely N-dealkylation sites (tertiary alicyclic amines) is 1. The van der Waals surface area contributed by atoms with Gasteiger partial charge in [0, 0.05) is 32.6 Å². The predicted molar refractivity (Wildman–Crippen MR) is 134 cm³/mol. The van der Waals surface area contributed by atoms with E-state index in [1.807, 2.05) is 24.3 Å². The third kappa shape index (κ3) is 7.44. The molecule has 3 rings (SSSR count). The lowest BCUT2D eigenvalue weighted by Crippen LogP contribution is -2.39. The van der Waals surface area contributed by atoms with Crippen LogP contribution in [0.4, 0.5) is 0 Å². The van der Waals surface area contributed by atoms with Gasteiger partial charge in [-0.05, 0) is 36.7 Å². The molecule has 1 aliphatic rings. The molecule has 170 valence electrons. The van der Waals surface area contributed by atoms with Gasteiger partial charge in [-0.2, -0.15) is 0 Å². The van der Waals surface area contributed by atoms with Crippen LogP contribution in [0, 0.1) is 5.92 Å². The van der Waals surface area contributed by atoms with E-state index in [0.29, 0.717) is 19.1 Å². The number of halogens is 1. The summed E-state index contributed by atoms with van der Waals surface area (Å²) in [6.07, 6.45) is 1.06. The van der Waals surface area contributed by atoms with E-state index >= 15 is 0 Å². The van der Waals surface area contributed by atoms with Crippen LogP contribution in [0.1, 0.15) is 17.5 Å². The van der Waals surface area contributed by atoms with E-state index < -0.39 is 10.0 Å². The van der Waals surface area contributed by atoms with E-state index in [1.165, 1.54) is 12.6 Å². The Labute approximate surface area is 202 Å². The van der Waals surface area contributed by atoms with Crippen molar-refractivity contribution >= 4 is 40.0 Å². The Morgan fingerprint density at radius 3 is 2.61 bits per heavy atom. The molecule has 1 heterocycles. The smallest absolute Gasteiger partial charge is 0.240 e. The highest BCUT2D eigenvalue weighted by molar-refractivity contribution is 14.0. The molecule has 2 aromatic rings. The molecule has 2 N–H and O–H groups in total. The number of hydrogen-bond acceptors (Lipinski definition) is 4. The molecule has 0 aliphatic carbocycles. The van der Waals surface area contributed by atoms with Crippen molar-refractivity contribution in [1.82, 2.24) is 14.9 Å². The van der Waals surface area contributed by atoms with E-state index in [9.17, 15) is 8.42 Å². The lowest BCUT2D eigenvalue weighted by Gasteiger charge is -2.22. The number of guanidine groups is 1. The Morgan fingerprint density at radius 1 is 1.16 bits per heavy atom. The third-order valence-electron chi connectivity index (χ3n) is 5.19. The summed E-state index contributed by atoms with van der Waals surface area (Å²) in [7, 11) is -0.270. The van der Waals surface area contributed by atoms with Crippen LogP contribution < -0.4 is 10.0 Å². The summed E-state index contributed by atoms with van der Waals surface area (Å²) in [5.74, 6) is 1.29. The molecule has 0 amide bonds. The monoisotopic (exact) mass is 558 g/mol. The molecular weight excluding hydrogens is 527 g/mol. The first-order valence-corrected chi connectivity index (χ1v) is 11.6. The summed E-state index contributed by atoms with van der Waals surface area (Å²) in [5.41, 5.74) is 2.07. The molecule has 9 heteroatoms. The lowest BCUT2D eigenvalue weighted by molar-refractivity contribution is 0.0906. The molecule has 0 bridgehead atoms. The fraction of sp³-hybridized carbons (Fsp3) is 0.409. The Balaban J connectivity index is 0.00000341. The van der Waals surface area contributed by atoms with Gasteiger partial charge in [0.05, 0.1) is 18.1 Å². The van der Waals surface area contributed by atoms with E-state index in [0.717, 1.165) is 37.6 Å². The predicted octanol–water partition coefficient (Wildman–Crippen LogP) is 2.83. The number of nitrogens with zero attached hydrogens (tertiary/aromatic N) is 2. The van der Waals surface area contributed by atoms with Crippen molar-refractivity contribution in [2.45, 2.75) is 24.5 Å². The maximum Gasteiger partial charge on any atom is 0.240 e. The van der Waals surface area contributed by atoms with Crippen molar-refractivity contribution < 1.29 is 13.2 Å². The van der Waals surface area contributed by atoms with Gasteiger partial charge in [0.25, 0.3) is 0 Å². The minimum absolute atomic E-state index is 0. The van der Waals surface area contributed by atoms with E-state index in [2.05, 4.69) is 32.1 Å². The summed E-state index contributed by atoms with van der Waals surface area (Å²) in [4.78, 5) is 6.88. The van der Waals surface area contributed by atoms with Crippen molar-refractivity contribution in [3.8, 4) is 0 Å². The zero-order valence-corrected chi connectivity index (χ0v) is 21.1. The van der Waals surface area contributed by atoms with Gasteiger partial charge in [-0.3, -0.25) is 4.99 Å². The van der Waals surface area contributed by atoms with Crippen LogP contribution >= 0.6 is 24.0 Å². The minimum atomic E-state index is -3.45. The number of aliphatic imine (C=N–C) groups is 1. The Morgan fingerprint density at radius 2 is 1.90 bits per heavy atom. The maximum atomic E-state index is 12.0. The number of nitrogens with one attached hydrogen (secondary N) is 2. The van der Waals surface area contributed by atoms with E-state index in [4.69, 9.17) is 4.74 Å². The SMILES string of the molecule is CN=C(NCc1cccc(S(=O)(=O)NC)c1)N1CCC(COCc2ccccc2)C1.I. The van der Waals surface area contributed by atoms with Gasteiger partial charge in [0.1, 0.15) is 0 Å². The number of hydrogen-bond donors (Lipinski definition) is 2. The third-order valence-corrected chi connectivity index (χ3v) is 6.60. The average molecular weight is 558 g/mol. The number of benzene rings is 2. The van der Waals surface area contributed by atoms with Crippen molar-refractivity contribution in [3.05, 3.63) is 65.7 Å². The Kier molecular flexibility index (Phi) is 10.2. The molecule has 0 aromatic heterocycles. The molecule has 1 atom stereocenters. The van der Waals surface area contributed by atoms with Crippen LogP contribution in [0.15, 0.2) is 64.5 Å². The van der Waals surface area contributed by atoms with Gasteiger partial charge < -0.3 is 15.0 Å². The standard InChI is InChI=1S/C22H30N4O3S.HI/c1-23-22(25-14-19-9-6-10-21(13-19)30(27,28)24-2)26-12-11-20(15-26)17-29-16-18-7-4-3-5-8-18;/h3-10,13,20,24H,11-12,14-17H2,1-2H3,(H,23,25);1H. The second-order valence-electron chi connectivity index (χ2n) is 7.36. The summed E-state index contributed by atoms with van der Waals surface area (Å²) in [6, 6.07) is 17.1. The number of sulfonamides is 1. The van der Waals surface area contributed by atoms with Crippen molar-refractivity contribution in [3.63, 3.8) is 0 Å². The van der Waals surface area contributed by atoms with Crippen LogP contribution in [-0.4, -0.2) is 53.1 Å². The van der Waals surface area contributed by atoms with Gasteiger partial charge in [-0.25, -0.2) is 13.1 Å². The van der Waals surface area contributed by atoms with Gasteiger partial charge in [0.15, 0.2) is 5.96 Å². The molecule has 0 radical (unpaired) electrons. The topological polar surface area (TPSA) is 83.0 Å². The zero-order valence-electron chi connectivity index (χ0n) is 18.0. The first-order chi connectivity index (χ1) is 14.5. The number of rotatable bonds is 8. The largest absolute Gasteiger partial charge is 0.376 e. The molecule has 1 saturated heterocycles. The molecule has 31 heavy (non-hydrogen) atoms. The second kappa shape index (κ2) is 12.4. The molecule has 0 spiro atoms. The molecule has 2 aromatic carbocycles. The van der Waals surface area contributed by atoms with Crippen LogP contribution in [0.25, 0.3) is 0 Å². The fourth-order valence-corrected chi connectivity index (χ4v) is 4.33. The highest BCUT2D eigenvalue weighted by Crippen LogP contribution is 2.18. The van der Waals surface area contributed by atoms with Crippen LogP contribution in [0.5, 0.6) is 0 Å². The molecule has 1 unspecified atom stereocenters. The Hall–Kier alpha value is -1.69. The van der Waals surface area contributed by atoms with Gasteiger partial charge in [-0.15, -0.1) is 24.0 Å². The quantitative estimate of drug-likeness (QED) is 0.296. The minimum Gasteiger partial charge on any atom is -0.376 e. The van der Waals surface area contributed by atoms with Gasteiger partial charge in [0.2, 0.25) is 10.0 Å². The highest BCUT2D eigenvalue weighted by atomic mass is 127. The molecule has 7 nitrogen and oxygen atoms in total. The molecular formula is C22H31IN4O3S. The van der Waals surface area contributed by atoms with Crippen molar-refractivity contribution in [2.24, 2.45) is 10.9 Å². The van der Waals surface area contributed by atoms with Crippen molar-refractivity contribution in [2.75, 3.05) is 33.8 Å². The van der Waals surface area contributed by atoms with E-state index in [-0.39, 0.29) is 28.9 Å². The van der Waals surface area contributed by atoms with Crippen LogP contribution in [-0.2, 0) is 27.9 Å². The maximum absolute atomic E-state index is 12.0. The highest BCUT2D eigenvalue weighted by Gasteiger charge is 2.25. The van der Waals surface area contributed by atoms with Crippen LogP contribution in [0.2, 0.25) is 0 Å². The number of ether oxygens (including phenoxy) is 1. The summed E-state index contributed by atoms with van der Waals surface area (Å²) in [5, 5.41) is 3.35. The summed E-state index contributed by atoms with van der Waals surface area (Å²) >= 11 is 0. The van der Waals surface area contributed by atoms with Crippen molar-refractivity contribution in [1.29, 1.82) is 0 Å². The van der Waals surface area contributed by atoms with Gasteiger partial charge in [-0.1, -0.05) is 42.5 Å². The first-order valence-electron chi connectivity index (χ1n) is 10.1. The Bertz CT molecular complexity index is 954. The summed E-state index contributed by atoms with van der Waals surface area (Å²) < 4.78 is 32.2.